The average molecular weight is 645 g/mol. The molecule has 0 N–H and O–H groups in total. The summed E-state index contributed by atoms with van der Waals surface area (Å²) in [6, 6.07) is 49.8. The standard InChI is InChI=1S/C42H24N6O2/c1-44-42-31(26-43)45-40(27-18-22-29(23-19-27)47-32-10-2-6-14-36(32)49-37-15-7-3-11-33(37)47)41(46-42)28-20-24-30(25-21-28)48-34-12-4-8-16-38(34)50-39-17-9-5-13-35(39)48/h2-25H. The summed E-state index contributed by atoms with van der Waals surface area (Å²) < 4.78 is 12.4. The third-order valence-corrected chi connectivity index (χ3v) is 8.75. The molecule has 6 aromatic carbocycles. The lowest BCUT2D eigenvalue weighted by atomic mass is 10.0. The highest BCUT2D eigenvalue weighted by Crippen LogP contribution is 2.52. The fraction of sp³-hybridized carbons (Fsp3) is 0. The fourth-order valence-electron chi connectivity index (χ4n) is 6.48. The van der Waals surface area contributed by atoms with E-state index in [9.17, 15) is 5.26 Å². The number of nitrogens with zero attached hydrogens (tertiary/aromatic N) is 6. The smallest absolute Gasteiger partial charge is 0.307 e. The molecule has 7 aromatic rings. The summed E-state index contributed by atoms with van der Waals surface area (Å²) in [6.07, 6.45) is 0. The monoisotopic (exact) mass is 644 g/mol. The molecule has 1 aromatic heterocycles. The van der Waals surface area contributed by atoms with Crippen LogP contribution in [0.5, 0.6) is 23.0 Å². The molecule has 50 heavy (non-hydrogen) atoms. The van der Waals surface area contributed by atoms with E-state index in [4.69, 9.17) is 26.0 Å². The molecule has 2 aliphatic rings. The van der Waals surface area contributed by atoms with Crippen molar-refractivity contribution >= 4 is 39.9 Å². The Morgan fingerprint density at radius 1 is 0.500 bits per heavy atom. The van der Waals surface area contributed by atoms with Gasteiger partial charge in [-0.05, 0) is 84.9 Å². The number of rotatable bonds is 4. The molecule has 0 unspecified atom stereocenters. The SMILES string of the molecule is [C-]#[N+]c1nc(-c2ccc(N3c4ccccc4Oc4ccccc43)cc2)c(-c2ccc(N3c4ccccc4Oc4ccccc43)cc2)nc1C#N. The van der Waals surface area contributed by atoms with Gasteiger partial charge >= 0.3 is 5.82 Å². The largest absolute Gasteiger partial charge is 0.453 e. The zero-order chi connectivity index (χ0) is 33.6. The topological polar surface area (TPSA) is 78.9 Å². The number of hydrogen-bond donors (Lipinski definition) is 0. The summed E-state index contributed by atoms with van der Waals surface area (Å²) in [5, 5.41) is 9.89. The summed E-state index contributed by atoms with van der Waals surface area (Å²) in [7, 11) is 0. The van der Waals surface area contributed by atoms with E-state index in [-0.39, 0.29) is 11.5 Å². The van der Waals surface area contributed by atoms with Crippen LogP contribution < -0.4 is 19.3 Å². The van der Waals surface area contributed by atoms with Gasteiger partial charge in [0.15, 0.2) is 34.4 Å². The number of anilines is 6. The summed E-state index contributed by atoms with van der Waals surface area (Å²) in [4.78, 5) is 17.2. The number of aromatic nitrogens is 2. The Balaban J connectivity index is 1.13. The average Bonchev–Trinajstić information content (AvgIpc) is 3.18. The second-order valence-electron chi connectivity index (χ2n) is 11.7. The highest BCUT2D eigenvalue weighted by Gasteiger charge is 2.28. The van der Waals surface area contributed by atoms with Crippen LogP contribution in [0, 0.1) is 17.9 Å². The van der Waals surface area contributed by atoms with Gasteiger partial charge in [-0.2, -0.15) is 5.26 Å². The Hall–Kier alpha value is -7.42. The molecule has 0 saturated carbocycles. The van der Waals surface area contributed by atoms with Gasteiger partial charge in [-0.1, -0.05) is 67.2 Å². The number of ether oxygens (including phenoxy) is 2. The van der Waals surface area contributed by atoms with Crippen molar-refractivity contribution in [2.45, 2.75) is 0 Å². The van der Waals surface area contributed by atoms with Gasteiger partial charge in [-0.3, -0.25) is 0 Å². The Kier molecular flexibility index (Phi) is 6.72. The van der Waals surface area contributed by atoms with Gasteiger partial charge in [-0.25, -0.2) is 4.98 Å². The summed E-state index contributed by atoms with van der Waals surface area (Å²) in [5.74, 6) is 3.03. The molecule has 9 rings (SSSR count). The van der Waals surface area contributed by atoms with Crippen molar-refractivity contribution in [3.05, 3.63) is 163 Å². The maximum Gasteiger partial charge on any atom is 0.307 e. The van der Waals surface area contributed by atoms with Gasteiger partial charge in [0, 0.05) is 22.5 Å². The molecule has 0 atom stereocenters. The van der Waals surface area contributed by atoms with Gasteiger partial charge < -0.3 is 24.1 Å². The van der Waals surface area contributed by atoms with Crippen LogP contribution in [-0.4, -0.2) is 9.97 Å². The zero-order valence-corrected chi connectivity index (χ0v) is 26.4. The number of hydrogen-bond acceptors (Lipinski definition) is 7. The van der Waals surface area contributed by atoms with Gasteiger partial charge in [0.2, 0.25) is 0 Å². The summed E-state index contributed by atoms with van der Waals surface area (Å²) >= 11 is 0. The highest BCUT2D eigenvalue weighted by molar-refractivity contribution is 5.89. The van der Waals surface area contributed by atoms with E-state index in [0.717, 1.165) is 68.2 Å². The first-order valence-corrected chi connectivity index (χ1v) is 15.9. The second-order valence-corrected chi connectivity index (χ2v) is 11.7. The van der Waals surface area contributed by atoms with Crippen molar-refractivity contribution < 1.29 is 9.47 Å². The van der Waals surface area contributed by atoms with Crippen LogP contribution in [0.15, 0.2) is 146 Å². The summed E-state index contributed by atoms with van der Waals surface area (Å²) in [6.45, 7) is 7.73. The van der Waals surface area contributed by atoms with Crippen molar-refractivity contribution in [1.29, 1.82) is 5.26 Å². The Bertz CT molecular complexity index is 2270. The molecular formula is C42H24N6O2. The van der Waals surface area contributed by atoms with E-state index in [1.807, 2.05) is 146 Å². The van der Waals surface area contributed by atoms with Crippen molar-refractivity contribution in [2.75, 3.05) is 9.80 Å². The molecule has 8 nitrogen and oxygen atoms in total. The van der Waals surface area contributed by atoms with Crippen LogP contribution in [-0.2, 0) is 0 Å². The lowest BCUT2D eigenvalue weighted by Crippen LogP contribution is -2.15. The zero-order valence-electron chi connectivity index (χ0n) is 26.4. The minimum atomic E-state index is -0.0375. The van der Waals surface area contributed by atoms with Crippen LogP contribution in [0.3, 0.4) is 0 Å². The predicted octanol–water partition coefficient (Wildman–Crippen LogP) is 11.4. The van der Waals surface area contributed by atoms with Crippen molar-refractivity contribution in [1.82, 2.24) is 9.97 Å². The Morgan fingerprint density at radius 2 is 0.860 bits per heavy atom. The molecule has 0 radical (unpaired) electrons. The third kappa shape index (κ3) is 4.68. The Morgan fingerprint density at radius 3 is 1.22 bits per heavy atom. The van der Waals surface area contributed by atoms with Crippen LogP contribution in [0.4, 0.5) is 39.9 Å². The van der Waals surface area contributed by atoms with E-state index >= 15 is 0 Å². The van der Waals surface area contributed by atoms with E-state index in [2.05, 4.69) is 20.7 Å². The predicted molar refractivity (Wildman–Crippen MR) is 193 cm³/mol. The molecule has 234 valence electrons. The van der Waals surface area contributed by atoms with Crippen LogP contribution in [0.25, 0.3) is 27.4 Å². The first-order valence-electron chi connectivity index (χ1n) is 15.9. The van der Waals surface area contributed by atoms with Gasteiger partial charge in [0.25, 0.3) is 0 Å². The molecular weight excluding hydrogens is 621 g/mol. The first kappa shape index (κ1) is 28.8. The van der Waals surface area contributed by atoms with E-state index in [1.54, 1.807) is 0 Å². The van der Waals surface area contributed by atoms with Gasteiger partial charge in [-0.15, -0.1) is 4.98 Å². The minimum Gasteiger partial charge on any atom is -0.453 e. The number of para-hydroxylation sites is 8. The number of benzene rings is 6. The number of fused-ring (bicyclic) bond motifs is 4. The second kappa shape index (κ2) is 11.7. The van der Waals surface area contributed by atoms with Gasteiger partial charge in [0.1, 0.15) is 11.8 Å². The van der Waals surface area contributed by atoms with E-state index in [1.165, 1.54) is 0 Å². The quantitative estimate of drug-likeness (QED) is 0.176. The van der Waals surface area contributed by atoms with E-state index < -0.39 is 0 Å². The van der Waals surface area contributed by atoms with Crippen LogP contribution in [0.1, 0.15) is 5.69 Å². The van der Waals surface area contributed by atoms with Crippen LogP contribution >= 0.6 is 0 Å². The molecule has 8 heteroatoms. The van der Waals surface area contributed by atoms with E-state index in [0.29, 0.717) is 11.4 Å². The van der Waals surface area contributed by atoms with Crippen molar-refractivity contribution in [3.8, 4) is 51.6 Å². The molecule has 0 saturated heterocycles. The molecule has 0 aliphatic carbocycles. The van der Waals surface area contributed by atoms with Crippen molar-refractivity contribution in [3.63, 3.8) is 0 Å². The van der Waals surface area contributed by atoms with Gasteiger partial charge in [0.05, 0.1) is 22.7 Å². The molecule has 3 heterocycles. The minimum absolute atomic E-state index is 0.0167. The summed E-state index contributed by atoms with van der Waals surface area (Å²) in [5.41, 5.74) is 8.11. The lowest BCUT2D eigenvalue weighted by molar-refractivity contribution is 0.477. The normalized spacial score (nSPS) is 12.2. The fourth-order valence-corrected chi connectivity index (χ4v) is 6.48. The molecule has 0 spiro atoms. The number of nitriles is 1. The van der Waals surface area contributed by atoms with Crippen LogP contribution in [0.2, 0.25) is 0 Å². The lowest BCUT2D eigenvalue weighted by Gasteiger charge is -2.32. The highest BCUT2D eigenvalue weighted by atomic mass is 16.5. The molecule has 2 aliphatic heterocycles. The first-order chi connectivity index (χ1) is 24.7. The Labute approximate surface area is 288 Å². The molecule has 0 fully saturated rings. The maximum atomic E-state index is 9.89. The maximum absolute atomic E-state index is 9.89. The molecule has 0 bridgehead atoms. The third-order valence-electron chi connectivity index (χ3n) is 8.75. The molecule has 0 amide bonds. The van der Waals surface area contributed by atoms with Crippen molar-refractivity contribution in [2.24, 2.45) is 0 Å².